The molecule has 0 saturated carbocycles. The first-order valence-electron chi connectivity index (χ1n) is 9.07. The summed E-state index contributed by atoms with van der Waals surface area (Å²) < 4.78 is 1.93. The number of nitrogens with zero attached hydrogens (tertiary/aromatic N) is 3. The van der Waals surface area contributed by atoms with Gasteiger partial charge in [-0.1, -0.05) is 58.4 Å². The molecule has 2 aromatic heterocycles. The largest absolute Gasteiger partial charge is 0.370 e. The van der Waals surface area contributed by atoms with E-state index in [9.17, 15) is 0 Å². The van der Waals surface area contributed by atoms with Gasteiger partial charge in [-0.05, 0) is 30.5 Å². The Morgan fingerprint density at radius 3 is 2.38 bits per heavy atom. The van der Waals surface area contributed by atoms with Crippen LogP contribution in [0.5, 0.6) is 0 Å². The van der Waals surface area contributed by atoms with Crippen LogP contribution in [0, 0.1) is 12.8 Å². The van der Waals surface area contributed by atoms with Gasteiger partial charge in [0.15, 0.2) is 5.65 Å². The van der Waals surface area contributed by atoms with Crippen molar-refractivity contribution in [2.75, 3.05) is 11.9 Å². The summed E-state index contributed by atoms with van der Waals surface area (Å²) in [5.41, 5.74) is 4.97. The number of hydrogen-bond acceptors (Lipinski definition) is 3. The molecule has 0 aliphatic heterocycles. The predicted molar refractivity (Wildman–Crippen MR) is 110 cm³/mol. The van der Waals surface area contributed by atoms with Crippen molar-refractivity contribution in [3.8, 4) is 11.1 Å². The Balaban J connectivity index is 2.24. The van der Waals surface area contributed by atoms with Crippen LogP contribution in [0.4, 0.5) is 5.82 Å². The Kier molecular flexibility index (Phi) is 4.98. The molecule has 0 amide bonds. The number of halogens is 1. The molecule has 0 radical (unpaired) electrons. The van der Waals surface area contributed by atoms with Gasteiger partial charge in [-0.15, -0.1) is 0 Å². The average molecular weight is 371 g/mol. The maximum absolute atomic E-state index is 6.07. The van der Waals surface area contributed by atoms with E-state index >= 15 is 0 Å². The maximum Gasteiger partial charge on any atom is 0.165 e. The van der Waals surface area contributed by atoms with E-state index in [0.717, 1.165) is 45.5 Å². The van der Waals surface area contributed by atoms with Crippen molar-refractivity contribution in [1.82, 2.24) is 14.6 Å². The van der Waals surface area contributed by atoms with Crippen LogP contribution in [0.15, 0.2) is 30.3 Å². The fourth-order valence-electron chi connectivity index (χ4n) is 2.90. The van der Waals surface area contributed by atoms with Gasteiger partial charge >= 0.3 is 0 Å². The van der Waals surface area contributed by atoms with Crippen LogP contribution in [-0.4, -0.2) is 21.1 Å². The van der Waals surface area contributed by atoms with E-state index in [-0.39, 0.29) is 5.41 Å². The van der Waals surface area contributed by atoms with Crippen LogP contribution < -0.4 is 5.32 Å². The molecular formula is C21H27ClN4. The zero-order chi connectivity index (χ0) is 19.1. The van der Waals surface area contributed by atoms with Crippen LogP contribution >= 0.6 is 11.6 Å². The first-order chi connectivity index (χ1) is 12.2. The normalized spacial score (nSPS) is 12.2. The predicted octanol–water partition coefficient (Wildman–Crippen LogP) is 5.72. The first-order valence-corrected chi connectivity index (χ1v) is 9.45. The summed E-state index contributed by atoms with van der Waals surface area (Å²) in [6.45, 7) is 13.9. The van der Waals surface area contributed by atoms with Crippen molar-refractivity contribution in [2.24, 2.45) is 5.92 Å². The average Bonchev–Trinajstić information content (AvgIpc) is 2.88. The molecule has 0 bridgehead atoms. The molecule has 0 atom stereocenters. The molecule has 0 aliphatic rings. The van der Waals surface area contributed by atoms with Crippen molar-refractivity contribution >= 4 is 23.1 Å². The molecule has 5 heteroatoms. The molecule has 138 valence electrons. The van der Waals surface area contributed by atoms with Gasteiger partial charge in [0.05, 0.1) is 11.4 Å². The SMILES string of the molecule is Cc1nn2c(NCC(C)C)cc(C(C)(C)C)nc2c1-c1ccc(Cl)cc1. The fourth-order valence-corrected chi connectivity index (χ4v) is 3.02. The number of hydrogen-bond donors (Lipinski definition) is 1. The van der Waals surface area contributed by atoms with Crippen molar-refractivity contribution in [3.63, 3.8) is 0 Å². The van der Waals surface area contributed by atoms with Crippen LogP contribution in [0.1, 0.15) is 46.0 Å². The van der Waals surface area contributed by atoms with E-state index in [2.05, 4.69) is 46.0 Å². The van der Waals surface area contributed by atoms with Crippen molar-refractivity contribution in [1.29, 1.82) is 0 Å². The Morgan fingerprint density at radius 1 is 1.15 bits per heavy atom. The van der Waals surface area contributed by atoms with Gasteiger partial charge in [0.1, 0.15) is 5.82 Å². The number of nitrogens with one attached hydrogen (secondary N) is 1. The third kappa shape index (κ3) is 3.70. The number of aromatic nitrogens is 3. The molecule has 1 N–H and O–H groups in total. The molecule has 0 fully saturated rings. The van der Waals surface area contributed by atoms with Crippen molar-refractivity contribution in [2.45, 2.75) is 47.0 Å². The molecule has 4 nitrogen and oxygen atoms in total. The van der Waals surface area contributed by atoms with Crippen molar-refractivity contribution in [3.05, 3.63) is 46.7 Å². The van der Waals surface area contributed by atoms with Gasteiger partial charge < -0.3 is 5.32 Å². The molecule has 3 rings (SSSR count). The Hall–Kier alpha value is -2.07. The topological polar surface area (TPSA) is 42.2 Å². The zero-order valence-electron chi connectivity index (χ0n) is 16.4. The van der Waals surface area contributed by atoms with Crippen molar-refractivity contribution < 1.29 is 0 Å². The van der Waals surface area contributed by atoms with Gasteiger partial charge in [-0.2, -0.15) is 9.61 Å². The van der Waals surface area contributed by atoms with Crippen LogP contribution in [0.3, 0.4) is 0 Å². The van der Waals surface area contributed by atoms with Crippen LogP contribution in [0.2, 0.25) is 5.02 Å². The molecule has 0 spiro atoms. The van der Waals surface area contributed by atoms with Gasteiger partial charge in [0.2, 0.25) is 0 Å². The van der Waals surface area contributed by atoms with E-state index in [1.165, 1.54) is 0 Å². The lowest BCUT2D eigenvalue weighted by Gasteiger charge is -2.20. The van der Waals surface area contributed by atoms with Crippen LogP contribution in [0.25, 0.3) is 16.8 Å². The smallest absolute Gasteiger partial charge is 0.165 e. The summed E-state index contributed by atoms with van der Waals surface area (Å²) in [6, 6.07) is 9.99. The quantitative estimate of drug-likeness (QED) is 0.638. The molecule has 3 aromatic rings. The minimum atomic E-state index is -0.0501. The van der Waals surface area contributed by atoms with Gasteiger partial charge in [0.25, 0.3) is 0 Å². The standard InChI is InChI=1S/C21H27ClN4/c1-13(2)12-23-18-11-17(21(4,5)6)24-20-19(14(3)25-26(18)20)15-7-9-16(22)10-8-15/h7-11,13,23H,12H2,1-6H3. The highest BCUT2D eigenvalue weighted by atomic mass is 35.5. The van der Waals surface area contributed by atoms with E-state index in [4.69, 9.17) is 21.7 Å². The molecule has 26 heavy (non-hydrogen) atoms. The Labute approximate surface area is 160 Å². The second-order valence-corrected chi connectivity index (χ2v) is 8.69. The summed E-state index contributed by atoms with van der Waals surface area (Å²) in [6.07, 6.45) is 0. The third-order valence-corrected chi connectivity index (χ3v) is 4.61. The van der Waals surface area contributed by atoms with Gasteiger partial charge in [-0.25, -0.2) is 4.98 Å². The lowest BCUT2D eigenvalue weighted by molar-refractivity contribution is 0.568. The first kappa shape index (κ1) is 18.7. The summed E-state index contributed by atoms with van der Waals surface area (Å²) in [5.74, 6) is 1.53. The lowest BCUT2D eigenvalue weighted by Crippen LogP contribution is -2.18. The van der Waals surface area contributed by atoms with E-state index in [0.29, 0.717) is 5.92 Å². The second-order valence-electron chi connectivity index (χ2n) is 8.25. The summed E-state index contributed by atoms with van der Waals surface area (Å²) in [4.78, 5) is 4.98. The molecule has 1 aromatic carbocycles. The van der Waals surface area contributed by atoms with Gasteiger partial charge in [-0.3, -0.25) is 0 Å². The number of fused-ring (bicyclic) bond motifs is 1. The Morgan fingerprint density at radius 2 is 1.81 bits per heavy atom. The molecular weight excluding hydrogens is 344 g/mol. The van der Waals surface area contributed by atoms with E-state index in [1.54, 1.807) is 0 Å². The highest BCUT2D eigenvalue weighted by Crippen LogP contribution is 2.32. The number of anilines is 1. The Bertz CT molecular complexity index is 918. The second kappa shape index (κ2) is 6.92. The molecule has 0 unspecified atom stereocenters. The van der Waals surface area contributed by atoms with Gasteiger partial charge in [0, 0.05) is 28.6 Å². The minimum absolute atomic E-state index is 0.0501. The molecule has 2 heterocycles. The molecule has 0 aliphatic carbocycles. The summed E-state index contributed by atoms with van der Waals surface area (Å²) in [5, 5.41) is 9.04. The highest BCUT2D eigenvalue weighted by molar-refractivity contribution is 6.30. The number of benzene rings is 1. The summed E-state index contributed by atoms with van der Waals surface area (Å²) in [7, 11) is 0. The van der Waals surface area contributed by atoms with E-state index in [1.807, 2.05) is 35.7 Å². The number of aryl methyl sites for hydroxylation is 1. The minimum Gasteiger partial charge on any atom is -0.370 e. The number of rotatable bonds is 4. The lowest BCUT2D eigenvalue weighted by atomic mass is 9.92. The van der Waals surface area contributed by atoms with Crippen LogP contribution in [-0.2, 0) is 5.41 Å². The third-order valence-electron chi connectivity index (χ3n) is 4.36. The fraction of sp³-hybridized carbons (Fsp3) is 0.429. The highest BCUT2D eigenvalue weighted by Gasteiger charge is 2.22. The van der Waals surface area contributed by atoms with E-state index < -0.39 is 0 Å². The maximum atomic E-state index is 6.07. The monoisotopic (exact) mass is 370 g/mol. The summed E-state index contributed by atoms with van der Waals surface area (Å²) >= 11 is 6.07. The zero-order valence-corrected chi connectivity index (χ0v) is 17.1. The molecule has 0 saturated heterocycles.